The van der Waals surface area contributed by atoms with Crippen molar-refractivity contribution in [1.82, 2.24) is 10.2 Å². The zero-order chi connectivity index (χ0) is 14.8. The highest BCUT2D eigenvalue weighted by atomic mass is 16.5. The molecule has 118 valence electrons. The Labute approximate surface area is 125 Å². The Morgan fingerprint density at radius 2 is 1.95 bits per heavy atom. The summed E-state index contributed by atoms with van der Waals surface area (Å²) in [4.78, 5) is 2.75. The first-order valence-electron chi connectivity index (χ1n) is 8.52. The first-order chi connectivity index (χ1) is 9.36. The van der Waals surface area contributed by atoms with Crippen molar-refractivity contribution >= 4 is 0 Å². The van der Waals surface area contributed by atoms with Crippen molar-refractivity contribution in [3.63, 3.8) is 0 Å². The zero-order valence-corrected chi connectivity index (χ0v) is 14.2. The second-order valence-corrected chi connectivity index (χ2v) is 7.78. The van der Waals surface area contributed by atoms with E-state index in [-0.39, 0.29) is 11.2 Å². The van der Waals surface area contributed by atoms with Gasteiger partial charge in [-0.25, -0.2) is 0 Å². The summed E-state index contributed by atoms with van der Waals surface area (Å²) >= 11 is 0. The fourth-order valence-electron chi connectivity index (χ4n) is 4.15. The zero-order valence-electron chi connectivity index (χ0n) is 14.2. The summed E-state index contributed by atoms with van der Waals surface area (Å²) in [6, 6.07) is 1.25. The van der Waals surface area contributed by atoms with Gasteiger partial charge in [-0.3, -0.25) is 4.90 Å². The van der Waals surface area contributed by atoms with Crippen LogP contribution in [0.1, 0.15) is 66.7 Å². The van der Waals surface area contributed by atoms with Gasteiger partial charge >= 0.3 is 0 Å². The number of likely N-dealkylation sites (tertiary alicyclic amines) is 1. The Kier molecular flexibility index (Phi) is 5.14. The summed E-state index contributed by atoms with van der Waals surface area (Å²) in [6.45, 7) is 14.8. The summed E-state index contributed by atoms with van der Waals surface area (Å²) in [5.74, 6) is 0. The molecule has 20 heavy (non-hydrogen) atoms. The third kappa shape index (κ3) is 3.75. The molecule has 2 heterocycles. The van der Waals surface area contributed by atoms with E-state index >= 15 is 0 Å². The number of hydrogen-bond donors (Lipinski definition) is 1. The van der Waals surface area contributed by atoms with Gasteiger partial charge in [-0.15, -0.1) is 0 Å². The minimum atomic E-state index is -0.0240. The average Bonchev–Trinajstić information content (AvgIpc) is 2.58. The number of rotatable bonds is 5. The first kappa shape index (κ1) is 16.3. The maximum Gasteiger partial charge on any atom is 0.0789 e. The molecule has 0 aromatic rings. The molecule has 2 unspecified atom stereocenters. The van der Waals surface area contributed by atoms with E-state index in [9.17, 15) is 0 Å². The lowest BCUT2D eigenvalue weighted by Gasteiger charge is -2.44. The van der Waals surface area contributed by atoms with Crippen molar-refractivity contribution in [3.8, 4) is 0 Å². The molecule has 0 aromatic heterocycles. The normalized spacial score (nSPS) is 33.5. The third-order valence-electron chi connectivity index (χ3n) is 4.91. The summed E-state index contributed by atoms with van der Waals surface area (Å²) in [5, 5.41) is 3.62. The SMILES string of the molecule is CCCNCC1CCCCN1C1CC(C)(C)OC1(C)C. The third-order valence-corrected chi connectivity index (χ3v) is 4.91. The highest BCUT2D eigenvalue weighted by Crippen LogP contribution is 2.41. The van der Waals surface area contributed by atoms with Gasteiger partial charge in [0.05, 0.1) is 11.2 Å². The fraction of sp³-hybridized carbons (Fsp3) is 1.00. The van der Waals surface area contributed by atoms with Crippen LogP contribution in [-0.2, 0) is 4.74 Å². The van der Waals surface area contributed by atoms with Crippen LogP contribution in [0.25, 0.3) is 0 Å². The molecule has 0 spiro atoms. The molecule has 0 aromatic carbocycles. The Morgan fingerprint density at radius 1 is 1.20 bits per heavy atom. The summed E-state index contributed by atoms with van der Waals surface area (Å²) < 4.78 is 6.31. The van der Waals surface area contributed by atoms with Crippen molar-refractivity contribution in [2.45, 2.75) is 90.0 Å². The van der Waals surface area contributed by atoms with E-state index < -0.39 is 0 Å². The topological polar surface area (TPSA) is 24.5 Å². The van der Waals surface area contributed by atoms with Crippen molar-refractivity contribution in [2.24, 2.45) is 0 Å². The molecule has 2 aliphatic rings. The Morgan fingerprint density at radius 3 is 2.55 bits per heavy atom. The molecular weight excluding hydrogens is 248 g/mol. The fourth-order valence-corrected chi connectivity index (χ4v) is 4.15. The van der Waals surface area contributed by atoms with Crippen LogP contribution < -0.4 is 5.32 Å². The summed E-state index contributed by atoms with van der Waals surface area (Å²) in [7, 11) is 0. The van der Waals surface area contributed by atoms with Gasteiger partial charge in [-0.05, 0) is 66.5 Å². The number of hydrogen-bond acceptors (Lipinski definition) is 3. The predicted octanol–water partition coefficient (Wildman–Crippen LogP) is 3.19. The van der Waals surface area contributed by atoms with Crippen LogP contribution in [0.3, 0.4) is 0 Å². The van der Waals surface area contributed by atoms with E-state index in [2.05, 4.69) is 44.8 Å². The van der Waals surface area contributed by atoms with Gasteiger partial charge < -0.3 is 10.1 Å². The Balaban J connectivity index is 2.03. The lowest BCUT2D eigenvalue weighted by molar-refractivity contribution is -0.0864. The van der Waals surface area contributed by atoms with Crippen molar-refractivity contribution in [3.05, 3.63) is 0 Å². The monoisotopic (exact) mass is 282 g/mol. The predicted molar refractivity (Wildman–Crippen MR) is 85.2 cm³/mol. The van der Waals surface area contributed by atoms with Crippen LogP contribution in [-0.4, -0.2) is 47.8 Å². The van der Waals surface area contributed by atoms with Crippen LogP contribution in [0, 0.1) is 0 Å². The molecule has 2 aliphatic heterocycles. The molecule has 1 N–H and O–H groups in total. The molecule has 2 saturated heterocycles. The number of ether oxygens (including phenoxy) is 1. The van der Waals surface area contributed by atoms with Gasteiger partial charge in [0.15, 0.2) is 0 Å². The average molecular weight is 282 g/mol. The van der Waals surface area contributed by atoms with E-state index in [1.165, 1.54) is 32.2 Å². The van der Waals surface area contributed by atoms with E-state index in [0.29, 0.717) is 12.1 Å². The molecule has 0 saturated carbocycles. The molecule has 0 amide bonds. The molecule has 3 nitrogen and oxygen atoms in total. The van der Waals surface area contributed by atoms with Crippen LogP contribution >= 0.6 is 0 Å². The number of nitrogens with zero attached hydrogens (tertiary/aromatic N) is 1. The number of nitrogens with one attached hydrogen (secondary N) is 1. The van der Waals surface area contributed by atoms with Crippen molar-refractivity contribution in [1.29, 1.82) is 0 Å². The van der Waals surface area contributed by atoms with E-state index in [0.717, 1.165) is 19.5 Å². The first-order valence-corrected chi connectivity index (χ1v) is 8.52. The van der Waals surface area contributed by atoms with Gasteiger partial charge in [0.2, 0.25) is 0 Å². The highest BCUT2D eigenvalue weighted by Gasteiger charge is 2.49. The van der Waals surface area contributed by atoms with Crippen molar-refractivity contribution < 1.29 is 4.74 Å². The van der Waals surface area contributed by atoms with Crippen LogP contribution in [0.4, 0.5) is 0 Å². The van der Waals surface area contributed by atoms with E-state index in [1.54, 1.807) is 0 Å². The smallest absolute Gasteiger partial charge is 0.0789 e. The molecule has 0 aliphatic carbocycles. The Hall–Kier alpha value is -0.120. The largest absolute Gasteiger partial charge is 0.368 e. The van der Waals surface area contributed by atoms with Gasteiger partial charge in [0.1, 0.15) is 0 Å². The highest BCUT2D eigenvalue weighted by molar-refractivity contribution is 5.02. The molecule has 0 bridgehead atoms. The maximum atomic E-state index is 6.31. The van der Waals surface area contributed by atoms with Gasteiger partial charge in [0.25, 0.3) is 0 Å². The van der Waals surface area contributed by atoms with Gasteiger partial charge in [-0.1, -0.05) is 13.3 Å². The van der Waals surface area contributed by atoms with Crippen LogP contribution in [0.5, 0.6) is 0 Å². The lowest BCUT2D eigenvalue weighted by Crippen LogP contribution is -2.55. The standard InChI is InChI=1S/C17H34N2O/c1-6-10-18-13-14-9-7-8-11-19(14)15-12-16(2,3)20-17(15,4)5/h14-15,18H,6-13H2,1-5H3. The van der Waals surface area contributed by atoms with E-state index in [4.69, 9.17) is 4.74 Å². The quantitative estimate of drug-likeness (QED) is 0.784. The molecular formula is C17H34N2O. The minimum Gasteiger partial charge on any atom is -0.368 e. The molecule has 0 radical (unpaired) electrons. The Bertz CT molecular complexity index is 314. The molecule has 2 atom stereocenters. The second-order valence-electron chi connectivity index (χ2n) is 7.78. The number of piperidine rings is 1. The molecule has 2 fully saturated rings. The van der Waals surface area contributed by atoms with Gasteiger partial charge in [0, 0.05) is 18.6 Å². The molecule has 2 rings (SSSR count). The van der Waals surface area contributed by atoms with Gasteiger partial charge in [-0.2, -0.15) is 0 Å². The maximum absolute atomic E-state index is 6.31. The minimum absolute atomic E-state index is 0.0208. The molecule has 3 heteroatoms. The second kappa shape index (κ2) is 6.33. The van der Waals surface area contributed by atoms with Crippen LogP contribution in [0.15, 0.2) is 0 Å². The summed E-state index contributed by atoms with van der Waals surface area (Å²) in [6.07, 6.45) is 6.44. The lowest BCUT2D eigenvalue weighted by atomic mass is 9.89. The van der Waals surface area contributed by atoms with Crippen LogP contribution in [0.2, 0.25) is 0 Å². The van der Waals surface area contributed by atoms with Crippen molar-refractivity contribution in [2.75, 3.05) is 19.6 Å². The van der Waals surface area contributed by atoms with E-state index in [1.807, 2.05) is 0 Å². The summed E-state index contributed by atoms with van der Waals surface area (Å²) in [5.41, 5.74) is -0.00312.